The van der Waals surface area contributed by atoms with E-state index >= 15 is 0 Å². The van der Waals surface area contributed by atoms with Crippen molar-refractivity contribution in [2.24, 2.45) is 0 Å². The number of aromatic nitrogens is 2. The molecule has 3 nitrogen and oxygen atoms in total. The molecule has 0 spiro atoms. The van der Waals surface area contributed by atoms with Gasteiger partial charge in [0.05, 0.1) is 6.54 Å². The zero-order valence-corrected chi connectivity index (χ0v) is 13.5. The lowest BCUT2D eigenvalue weighted by Crippen LogP contribution is -2.30. The maximum atomic E-state index is 6.07. The van der Waals surface area contributed by atoms with Crippen LogP contribution in [-0.4, -0.2) is 22.3 Å². The van der Waals surface area contributed by atoms with Crippen LogP contribution in [0.2, 0.25) is 5.15 Å². The molecule has 0 saturated carbocycles. The Morgan fingerprint density at radius 2 is 2.21 bits per heavy atom. The van der Waals surface area contributed by atoms with Crippen LogP contribution in [-0.2, 0) is 6.54 Å². The number of halogens is 1. The standard InChI is InChI=1S/C13H16ClN3S2/c1-9(2)17(8-10-5-4-6-19-10)12-7-11(14)15-13(16-12)18-3/h4-7,9H,8H2,1-3H3. The van der Waals surface area contributed by atoms with Crippen molar-refractivity contribution in [3.05, 3.63) is 33.6 Å². The molecule has 0 atom stereocenters. The van der Waals surface area contributed by atoms with E-state index in [0.717, 1.165) is 12.4 Å². The van der Waals surface area contributed by atoms with Crippen molar-refractivity contribution < 1.29 is 0 Å². The van der Waals surface area contributed by atoms with Gasteiger partial charge in [-0.05, 0) is 31.5 Å². The van der Waals surface area contributed by atoms with Crippen molar-refractivity contribution in [2.75, 3.05) is 11.2 Å². The molecule has 0 amide bonds. The molecule has 0 aliphatic heterocycles. The van der Waals surface area contributed by atoms with E-state index in [1.807, 2.05) is 12.3 Å². The van der Waals surface area contributed by atoms with Crippen LogP contribution in [0.25, 0.3) is 0 Å². The van der Waals surface area contributed by atoms with Crippen LogP contribution in [0.3, 0.4) is 0 Å². The molecule has 0 bridgehead atoms. The molecule has 0 aromatic carbocycles. The summed E-state index contributed by atoms with van der Waals surface area (Å²) < 4.78 is 0. The molecular weight excluding hydrogens is 298 g/mol. The van der Waals surface area contributed by atoms with Crippen molar-refractivity contribution in [3.63, 3.8) is 0 Å². The summed E-state index contributed by atoms with van der Waals surface area (Å²) in [6, 6.07) is 6.38. The second-order valence-corrected chi connectivity index (χ2v) is 6.53. The summed E-state index contributed by atoms with van der Waals surface area (Å²) in [5.74, 6) is 0.882. The van der Waals surface area contributed by atoms with Gasteiger partial charge in [-0.1, -0.05) is 29.4 Å². The van der Waals surface area contributed by atoms with Gasteiger partial charge in [0.2, 0.25) is 0 Å². The molecule has 2 aromatic rings. The normalized spacial score (nSPS) is 11.0. The lowest BCUT2D eigenvalue weighted by Gasteiger charge is -2.27. The molecule has 0 aliphatic rings. The zero-order chi connectivity index (χ0) is 13.8. The van der Waals surface area contributed by atoms with Gasteiger partial charge in [-0.25, -0.2) is 9.97 Å². The van der Waals surface area contributed by atoms with Gasteiger partial charge in [-0.3, -0.25) is 0 Å². The van der Waals surface area contributed by atoms with Crippen LogP contribution in [0, 0.1) is 0 Å². The highest BCUT2D eigenvalue weighted by Gasteiger charge is 2.15. The first-order valence-corrected chi connectivity index (χ1v) is 8.46. The van der Waals surface area contributed by atoms with E-state index in [4.69, 9.17) is 11.6 Å². The second kappa shape index (κ2) is 6.59. The highest BCUT2D eigenvalue weighted by atomic mass is 35.5. The van der Waals surface area contributed by atoms with Gasteiger partial charge in [0.25, 0.3) is 0 Å². The minimum atomic E-state index is 0.350. The fraction of sp³-hybridized carbons (Fsp3) is 0.385. The number of rotatable bonds is 5. The third kappa shape index (κ3) is 3.84. The lowest BCUT2D eigenvalue weighted by molar-refractivity contribution is 0.670. The number of thioether (sulfide) groups is 1. The molecule has 0 aliphatic carbocycles. The van der Waals surface area contributed by atoms with Gasteiger partial charge in [-0.15, -0.1) is 11.3 Å². The van der Waals surface area contributed by atoms with Gasteiger partial charge < -0.3 is 4.90 Å². The van der Waals surface area contributed by atoms with E-state index in [9.17, 15) is 0 Å². The van der Waals surface area contributed by atoms with E-state index in [-0.39, 0.29) is 0 Å². The summed E-state index contributed by atoms with van der Waals surface area (Å²) in [5, 5.41) is 3.29. The van der Waals surface area contributed by atoms with Crippen molar-refractivity contribution in [3.8, 4) is 0 Å². The highest BCUT2D eigenvalue weighted by molar-refractivity contribution is 7.98. The average Bonchev–Trinajstić information content (AvgIpc) is 2.87. The Kier molecular flexibility index (Phi) is 5.07. The summed E-state index contributed by atoms with van der Waals surface area (Å²) in [6.07, 6.45) is 1.95. The third-order valence-corrected chi connectivity index (χ3v) is 4.27. The van der Waals surface area contributed by atoms with Crippen molar-refractivity contribution in [1.82, 2.24) is 9.97 Å². The summed E-state index contributed by atoms with van der Waals surface area (Å²) in [4.78, 5) is 12.3. The van der Waals surface area contributed by atoms with E-state index in [2.05, 4.69) is 46.2 Å². The molecule has 0 unspecified atom stereocenters. The van der Waals surface area contributed by atoms with Crippen LogP contribution in [0.1, 0.15) is 18.7 Å². The van der Waals surface area contributed by atoms with Crippen LogP contribution >= 0.6 is 34.7 Å². The summed E-state index contributed by atoms with van der Waals surface area (Å²) in [7, 11) is 0. The molecule has 2 rings (SSSR count). The van der Waals surface area contributed by atoms with Crippen molar-refractivity contribution in [2.45, 2.75) is 31.6 Å². The Hall–Kier alpha value is -0.780. The Bertz CT molecular complexity index is 529. The van der Waals surface area contributed by atoms with E-state index in [0.29, 0.717) is 16.4 Å². The molecule has 102 valence electrons. The quantitative estimate of drug-likeness (QED) is 0.467. The van der Waals surface area contributed by atoms with Gasteiger partial charge in [-0.2, -0.15) is 0 Å². The first-order valence-electron chi connectivity index (χ1n) is 5.97. The monoisotopic (exact) mass is 313 g/mol. The van der Waals surface area contributed by atoms with Crippen LogP contribution in [0.5, 0.6) is 0 Å². The maximum absolute atomic E-state index is 6.07. The molecule has 2 aromatic heterocycles. The molecule has 0 saturated heterocycles. The predicted molar refractivity (Wildman–Crippen MR) is 84.5 cm³/mol. The van der Waals surface area contributed by atoms with Gasteiger partial charge >= 0.3 is 0 Å². The first-order chi connectivity index (χ1) is 9.10. The number of hydrogen-bond donors (Lipinski definition) is 0. The number of anilines is 1. The number of nitrogens with zero attached hydrogens (tertiary/aromatic N) is 3. The van der Waals surface area contributed by atoms with E-state index in [1.54, 1.807) is 11.3 Å². The fourth-order valence-electron chi connectivity index (χ4n) is 1.72. The predicted octanol–water partition coefficient (Wildman–Crippen LogP) is 4.33. The number of thiophene rings is 1. The van der Waals surface area contributed by atoms with Crippen LogP contribution in [0.4, 0.5) is 5.82 Å². The summed E-state index contributed by atoms with van der Waals surface area (Å²) in [6.45, 7) is 5.15. The summed E-state index contributed by atoms with van der Waals surface area (Å²) in [5.41, 5.74) is 0. The lowest BCUT2D eigenvalue weighted by atomic mass is 10.3. The second-order valence-electron chi connectivity index (χ2n) is 4.34. The van der Waals surface area contributed by atoms with Crippen LogP contribution < -0.4 is 4.90 Å². The van der Waals surface area contributed by atoms with E-state index in [1.165, 1.54) is 16.6 Å². The first kappa shape index (κ1) is 14.6. The molecule has 0 radical (unpaired) electrons. The summed E-state index contributed by atoms with van der Waals surface area (Å²) >= 11 is 9.33. The molecular formula is C13H16ClN3S2. The Labute approximate surface area is 127 Å². The molecule has 6 heteroatoms. The molecule has 19 heavy (non-hydrogen) atoms. The topological polar surface area (TPSA) is 29.0 Å². The number of hydrogen-bond acceptors (Lipinski definition) is 5. The third-order valence-electron chi connectivity index (χ3n) is 2.67. The van der Waals surface area contributed by atoms with Gasteiger partial charge in [0.1, 0.15) is 11.0 Å². The zero-order valence-electron chi connectivity index (χ0n) is 11.1. The minimum Gasteiger partial charge on any atom is -0.349 e. The van der Waals surface area contributed by atoms with Gasteiger partial charge in [0, 0.05) is 17.0 Å². The SMILES string of the molecule is CSc1nc(Cl)cc(N(Cc2cccs2)C(C)C)n1. The molecule has 2 heterocycles. The maximum Gasteiger partial charge on any atom is 0.190 e. The molecule has 0 fully saturated rings. The van der Waals surface area contributed by atoms with E-state index < -0.39 is 0 Å². The Morgan fingerprint density at radius 3 is 2.79 bits per heavy atom. The Balaban J connectivity index is 2.30. The smallest absolute Gasteiger partial charge is 0.190 e. The largest absolute Gasteiger partial charge is 0.349 e. The van der Waals surface area contributed by atoms with Crippen molar-refractivity contribution in [1.29, 1.82) is 0 Å². The average molecular weight is 314 g/mol. The van der Waals surface area contributed by atoms with Crippen molar-refractivity contribution >= 4 is 40.5 Å². The highest BCUT2D eigenvalue weighted by Crippen LogP contribution is 2.24. The van der Waals surface area contributed by atoms with Gasteiger partial charge in [0.15, 0.2) is 5.16 Å². The van der Waals surface area contributed by atoms with Crippen LogP contribution in [0.15, 0.2) is 28.7 Å². The Morgan fingerprint density at radius 1 is 1.42 bits per heavy atom. The molecule has 0 N–H and O–H groups in total. The fourth-order valence-corrected chi connectivity index (χ4v) is 3.03. The minimum absolute atomic E-state index is 0.350.